The Balaban J connectivity index is 1.45. The van der Waals surface area contributed by atoms with E-state index in [0.29, 0.717) is 0 Å². The molecule has 1 saturated heterocycles. The van der Waals surface area contributed by atoms with Gasteiger partial charge in [0.25, 0.3) is 0 Å². The fourth-order valence-electron chi connectivity index (χ4n) is 3.50. The number of aryl methyl sites for hydroxylation is 2. The summed E-state index contributed by atoms with van der Waals surface area (Å²) in [5.74, 6) is 1.79. The van der Waals surface area contributed by atoms with Crippen molar-refractivity contribution in [2.75, 3.05) is 31.1 Å². The Kier molecular flexibility index (Phi) is 5.16. The van der Waals surface area contributed by atoms with E-state index >= 15 is 0 Å². The van der Waals surface area contributed by atoms with Gasteiger partial charge in [0.05, 0.1) is 5.69 Å². The summed E-state index contributed by atoms with van der Waals surface area (Å²) in [5.41, 5.74) is 3.18. The third-order valence-electron chi connectivity index (χ3n) is 5.00. The van der Waals surface area contributed by atoms with Gasteiger partial charge in [0.15, 0.2) is 0 Å². The van der Waals surface area contributed by atoms with Crippen LogP contribution in [0, 0.1) is 6.92 Å². The highest BCUT2D eigenvalue weighted by atomic mass is 15.3. The van der Waals surface area contributed by atoms with Crippen LogP contribution in [0.4, 0.5) is 5.82 Å². The average Bonchev–Trinajstić information content (AvgIpc) is 3.18. The number of nitrogens with zero attached hydrogens (tertiary/aromatic N) is 6. The Bertz CT molecular complexity index is 881. The van der Waals surface area contributed by atoms with Crippen LogP contribution in [0.25, 0.3) is 11.4 Å². The number of hydrogen-bond donors (Lipinski definition) is 0. The maximum atomic E-state index is 4.68. The quantitative estimate of drug-likeness (QED) is 0.698. The van der Waals surface area contributed by atoms with Gasteiger partial charge in [-0.2, -0.15) is 5.10 Å². The van der Waals surface area contributed by atoms with Gasteiger partial charge in [-0.1, -0.05) is 30.3 Å². The number of aromatic nitrogens is 4. The largest absolute Gasteiger partial charge is 0.354 e. The highest BCUT2D eigenvalue weighted by molar-refractivity contribution is 5.59. The highest BCUT2D eigenvalue weighted by Crippen LogP contribution is 2.22. The Hall–Kier alpha value is -2.73. The normalized spacial score (nSPS) is 15.3. The molecule has 27 heavy (non-hydrogen) atoms. The maximum absolute atomic E-state index is 4.68. The van der Waals surface area contributed by atoms with Crippen LogP contribution in [-0.2, 0) is 13.1 Å². The van der Waals surface area contributed by atoms with E-state index in [1.165, 1.54) is 5.56 Å². The Labute approximate surface area is 160 Å². The fraction of sp³-hybridized carbons (Fsp3) is 0.381. The van der Waals surface area contributed by atoms with Crippen LogP contribution in [-0.4, -0.2) is 50.8 Å². The fourth-order valence-corrected chi connectivity index (χ4v) is 3.50. The molecule has 1 fully saturated rings. The minimum Gasteiger partial charge on any atom is -0.354 e. The zero-order valence-corrected chi connectivity index (χ0v) is 16.0. The van der Waals surface area contributed by atoms with E-state index in [1.54, 1.807) is 0 Å². The van der Waals surface area contributed by atoms with Gasteiger partial charge in [-0.15, -0.1) is 0 Å². The first-order chi connectivity index (χ1) is 13.2. The van der Waals surface area contributed by atoms with Gasteiger partial charge in [0.1, 0.15) is 17.3 Å². The van der Waals surface area contributed by atoms with Gasteiger partial charge >= 0.3 is 0 Å². The van der Waals surface area contributed by atoms with Gasteiger partial charge in [-0.05, 0) is 25.5 Å². The van der Waals surface area contributed by atoms with Crippen LogP contribution < -0.4 is 4.90 Å². The summed E-state index contributed by atoms with van der Waals surface area (Å²) in [6.45, 7) is 9.95. The van der Waals surface area contributed by atoms with Crippen molar-refractivity contribution in [2.24, 2.45) is 0 Å². The Morgan fingerprint density at radius 2 is 1.70 bits per heavy atom. The summed E-state index contributed by atoms with van der Waals surface area (Å²) < 4.78 is 1.93. The third-order valence-corrected chi connectivity index (χ3v) is 5.00. The SMILES string of the molecule is CCn1ccc(-c2cc(N3CCN(Cc4ccccc4)CC3)nc(C)n2)n1. The highest BCUT2D eigenvalue weighted by Gasteiger charge is 2.19. The molecule has 1 aliphatic heterocycles. The van der Waals surface area contributed by atoms with Crippen molar-refractivity contribution in [3.63, 3.8) is 0 Å². The zero-order valence-electron chi connectivity index (χ0n) is 16.0. The molecule has 0 unspecified atom stereocenters. The van der Waals surface area contributed by atoms with E-state index < -0.39 is 0 Å². The van der Waals surface area contributed by atoms with Crippen LogP contribution in [0.5, 0.6) is 0 Å². The van der Waals surface area contributed by atoms with Crippen LogP contribution in [0.2, 0.25) is 0 Å². The molecular weight excluding hydrogens is 336 g/mol. The topological polar surface area (TPSA) is 50.1 Å². The number of piperazine rings is 1. The van der Waals surface area contributed by atoms with Crippen molar-refractivity contribution in [1.82, 2.24) is 24.6 Å². The predicted molar refractivity (Wildman–Crippen MR) is 108 cm³/mol. The lowest BCUT2D eigenvalue weighted by molar-refractivity contribution is 0.249. The molecule has 0 N–H and O–H groups in total. The summed E-state index contributed by atoms with van der Waals surface area (Å²) in [7, 11) is 0. The first-order valence-corrected chi connectivity index (χ1v) is 9.62. The van der Waals surface area contributed by atoms with E-state index in [0.717, 1.165) is 62.3 Å². The van der Waals surface area contributed by atoms with Crippen molar-refractivity contribution < 1.29 is 0 Å². The zero-order chi connectivity index (χ0) is 18.6. The summed E-state index contributed by atoms with van der Waals surface area (Å²) >= 11 is 0. The first kappa shape index (κ1) is 17.7. The maximum Gasteiger partial charge on any atom is 0.133 e. The number of benzene rings is 1. The minimum absolute atomic E-state index is 0.792. The number of anilines is 1. The molecule has 6 nitrogen and oxygen atoms in total. The van der Waals surface area contributed by atoms with E-state index in [4.69, 9.17) is 0 Å². The van der Waals surface area contributed by atoms with E-state index in [2.05, 4.69) is 68.2 Å². The number of rotatable bonds is 5. The van der Waals surface area contributed by atoms with Gasteiger partial charge in [0, 0.05) is 51.5 Å². The van der Waals surface area contributed by atoms with E-state index in [-0.39, 0.29) is 0 Å². The monoisotopic (exact) mass is 362 g/mol. The molecule has 3 aromatic rings. The van der Waals surface area contributed by atoms with E-state index in [9.17, 15) is 0 Å². The molecule has 0 bridgehead atoms. The lowest BCUT2D eigenvalue weighted by Crippen LogP contribution is -2.46. The van der Waals surface area contributed by atoms with E-state index in [1.807, 2.05) is 23.9 Å². The molecule has 140 valence electrons. The molecule has 3 heterocycles. The van der Waals surface area contributed by atoms with Gasteiger partial charge in [-0.25, -0.2) is 9.97 Å². The van der Waals surface area contributed by atoms with Gasteiger partial charge in [-0.3, -0.25) is 9.58 Å². The summed E-state index contributed by atoms with van der Waals surface area (Å²) in [4.78, 5) is 14.1. The Morgan fingerprint density at radius 1 is 0.926 bits per heavy atom. The van der Waals surface area contributed by atoms with Crippen LogP contribution in [0.3, 0.4) is 0 Å². The molecule has 1 aliphatic rings. The second-order valence-corrected chi connectivity index (χ2v) is 6.96. The second kappa shape index (κ2) is 7.88. The van der Waals surface area contributed by atoms with Crippen LogP contribution in [0.15, 0.2) is 48.7 Å². The molecule has 0 aliphatic carbocycles. The van der Waals surface area contributed by atoms with Crippen molar-refractivity contribution >= 4 is 5.82 Å². The molecule has 0 amide bonds. The molecular formula is C21H26N6. The second-order valence-electron chi connectivity index (χ2n) is 6.96. The molecule has 6 heteroatoms. The van der Waals surface area contributed by atoms with Crippen molar-refractivity contribution in [1.29, 1.82) is 0 Å². The minimum atomic E-state index is 0.792. The molecule has 0 atom stereocenters. The molecule has 0 saturated carbocycles. The smallest absolute Gasteiger partial charge is 0.133 e. The average molecular weight is 362 g/mol. The van der Waals surface area contributed by atoms with Crippen molar-refractivity contribution in [2.45, 2.75) is 26.9 Å². The van der Waals surface area contributed by atoms with Gasteiger partial charge < -0.3 is 4.90 Å². The number of hydrogen-bond acceptors (Lipinski definition) is 5. The van der Waals surface area contributed by atoms with Crippen molar-refractivity contribution in [3.8, 4) is 11.4 Å². The summed E-state index contributed by atoms with van der Waals surface area (Å²) in [6.07, 6.45) is 1.99. The molecule has 2 aromatic heterocycles. The van der Waals surface area contributed by atoms with Crippen LogP contribution >= 0.6 is 0 Å². The molecule has 0 spiro atoms. The molecule has 0 radical (unpaired) electrons. The van der Waals surface area contributed by atoms with Crippen molar-refractivity contribution in [3.05, 3.63) is 60.0 Å². The first-order valence-electron chi connectivity index (χ1n) is 9.62. The van der Waals surface area contributed by atoms with Crippen LogP contribution in [0.1, 0.15) is 18.3 Å². The standard InChI is InChI=1S/C21H26N6/c1-3-27-10-9-19(24-27)20-15-21(23-17(2)22-20)26-13-11-25(12-14-26)16-18-7-5-4-6-8-18/h4-10,15H,3,11-14,16H2,1-2H3. The summed E-state index contributed by atoms with van der Waals surface area (Å²) in [5, 5.41) is 4.58. The molecule has 4 rings (SSSR count). The summed E-state index contributed by atoms with van der Waals surface area (Å²) in [6, 6.07) is 14.8. The predicted octanol–water partition coefficient (Wildman–Crippen LogP) is 2.99. The lowest BCUT2D eigenvalue weighted by Gasteiger charge is -2.35. The Morgan fingerprint density at radius 3 is 2.41 bits per heavy atom. The third kappa shape index (κ3) is 4.17. The lowest BCUT2D eigenvalue weighted by atomic mass is 10.2. The van der Waals surface area contributed by atoms with Gasteiger partial charge in [0.2, 0.25) is 0 Å². The molecule has 1 aromatic carbocycles.